The number of carbonyl (C=O) groups is 3. The third kappa shape index (κ3) is 5.12. The normalized spacial score (nSPS) is 18.7. The van der Waals surface area contributed by atoms with Gasteiger partial charge in [-0.25, -0.2) is 0 Å². The fraction of sp³-hybridized carbons (Fsp3) is 0.393. The molecule has 5 rings (SSSR count). The Labute approximate surface area is 215 Å². The van der Waals surface area contributed by atoms with Crippen LogP contribution in [-0.4, -0.2) is 53.8 Å². The van der Waals surface area contributed by atoms with Gasteiger partial charge in [0.25, 0.3) is 0 Å². The number of aromatic amines is 1. The van der Waals surface area contributed by atoms with E-state index in [9.17, 15) is 14.4 Å². The molecule has 2 aromatic carbocycles. The number of halogens is 1. The van der Waals surface area contributed by atoms with E-state index in [1.54, 1.807) is 4.90 Å². The Balaban J connectivity index is 1.08. The zero-order chi connectivity index (χ0) is 25.2. The Kier molecular flexibility index (Phi) is 7.01. The second-order valence-corrected chi connectivity index (χ2v) is 10.3. The standard InChI is InChI=1S/C28H31ClN4O3/c1-18-2-5-23(6-3-18)33-17-21(14-26(33)34)28(36)32-12-9-19(10-13-32)27(35)30-11-8-20-16-31-25-7-4-22(29)15-24(20)25/h2-7,15-16,19,21,31H,8-14,17H2,1H3,(H,30,35). The number of hydrogen-bond acceptors (Lipinski definition) is 3. The number of aromatic nitrogens is 1. The summed E-state index contributed by atoms with van der Waals surface area (Å²) in [5.74, 6) is -0.366. The molecule has 2 fully saturated rings. The number of rotatable bonds is 6. The number of amides is 3. The van der Waals surface area contributed by atoms with Gasteiger partial charge in [-0.15, -0.1) is 0 Å². The monoisotopic (exact) mass is 506 g/mol. The second-order valence-electron chi connectivity index (χ2n) is 9.89. The van der Waals surface area contributed by atoms with Crippen LogP contribution in [0.3, 0.4) is 0 Å². The molecule has 0 radical (unpaired) electrons. The Morgan fingerprint density at radius 1 is 1.08 bits per heavy atom. The number of aryl methyl sites for hydroxylation is 1. The SMILES string of the molecule is Cc1ccc(N2CC(C(=O)N3CCC(C(=O)NCCc4c[nH]c5ccc(Cl)cc45)CC3)CC2=O)cc1. The Hall–Kier alpha value is -3.32. The summed E-state index contributed by atoms with van der Waals surface area (Å²) in [6, 6.07) is 13.6. The average molecular weight is 507 g/mol. The lowest BCUT2D eigenvalue weighted by Crippen LogP contribution is -2.45. The van der Waals surface area contributed by atoms with Crippen molar-refractivity contribution in [3.05, 3.63) is 64.8 Å². The molecule has 7 nitrogen and oxygen atoms in total. The highest BCUT2D eigenvalue weighted by atomic mass is 35.5. The van der Waals surface area contributed by atoms with Gasteiger partial charge in [0.1, 0.15) is 0 Å². The van der Waals surface area contributed by atoms with Crippen LogP contribution in [0.15, 0.2) is 48.7 Å². The number of likely N-dealkylation sites (tertiary alicyclic amines) is 1. The molecule has 2 aliphatic heterocycles. The van der Waals surface area contributed by atoms with E-state index in [2.05, 4.69) is 10.3 Å². The Bertz CT molecular complexity index is 1280. The summed E-state index contributed by atoms with van der Waals surface area (Å²) in [5.41, 5.74) is 4.13. The number of nitrogens with one attached hydrogen (secondary N) is 2. The quantitative estimate of drug-likeness (QED) is 0.528. The van der Waals surface area contributed by atoms with Gasteiger partial charge < -0.3 is 20.1 Å². The van der Waals surface area contributed by atoms with Gasteiger partial charge in [-0.2, -0.15) is 0 Å². The van der Waals surface area contributed by atoms with Crippen molar-refractivity contribution in [1.82, 2.24) is 15.2 Å². The van der Waals surface area contributed by atoms with Crippen LogP contribution in [0.5, 0.6) is 0 Å². The highest BCUT2D eigenvalue weighted by molar-refractivity contribution is 6.31. The number of fused-ring (bicyclic) bond motifs is 1. The van der Waals surface area contributed by atoms with Crippen LogP contribution in [0.2, 0.25) is 5.02 Å². The smallest absolute Gasteiger partial charge is 0.228 e. The van der Waals surface area contributed by atoms with Crippen LogP contribution in [0.25, 0.3) is 10.9 Å². The molecular weight excluding hydrogens is 476 g/mol. The van der Waals surface area contributed by atoms with E-state index in [0.29, 0.717) is 44.0 Å². The van der Waals surface area contributed by atoms with Gasteiger partial charge in [-0.05, 0) is 62.1 Å². The number of carbonyl (C=O) groups excluding carboxylic acids is 3. The van der Waals surface area contributed by atoms with Gasteiger partial charge in [-0.3, -0.25) is 14.4 Å². The molecule has 0 bridgehead atoms. The van der Waals surface area contributed by atoms with Crippen LogP contribution in [0.4, 0.5) is 5.69 Å². The van der Waals surface area contributed by atoms with E-state index in [1.807, 2.05) is 60.5 Å². The lowest BCUT2D eigenvalue weighted by molar-refractivity contribution is -0.139. The van der Waals surface area contributed by atoms with Crippen molar-refractivity contribution in [2.45, 2.75) is 32.6 Å². The molecule has 3 amide bonds. The summed E-state index contributed by atoms with van der Waals surface area (Å²) in [4.78, 5) is 45.2. The third-order valence-electron chi connectivity index (χ3n) is 7.42. The number of benzene rings is 2. The van der Waals surface area contributed by atoms with Gasteiger partial charge in [-0.1, -0.05) is 29.3 Å². The zero-order valence-electron chi connectivity index (χ0n) is 20.4. The number of piperidine rings is 1. The number of nitrogens with zero attached hydrogens (tertiary/aromatic N) is 2. The first kappa shape index (κ1) is 24.4. The first-order valence-electron chi connectivity index (χ1n) is 12.6. The van der Waals surface area contributed by atoms with Gasteiger partial charge in [0.05, 0.1) is 5.92 Å². The molecule has 1 unspecified atom stereocenters. The van der Waals surface area contributed by atoms with E-state index in [0.717, 1.165) is 34.1 Å². The Morgan fingerprint density at radius 2 is 1.83 bits per heavy atom. The summed E-state index contributed by atoms with van der Waals surface area (Å²) >= 11 is 6.13. The lowest BCUT2D eigenvalue weighted by Gasteiger charge is -2.33. The number of hydrogen-bond donors (Lipinski definition) is 2. The molecule has 36 heavy (non-hydrogen) atoms. The van der Waals surface area contributed by atoms with Gasteiger partial charge >= 0.3 is 0 Å². The van der Waals surface area contributed by atoms with Crippen molar-refractivity contribution in [3.63, 3.8) is 0 Å². The van der Waals surface area contributed by atoms with Gasteiger partial charge in [0, 0.05) is 66.3 Å². The maximum Gasteiger partial charge on any atom is 0.228 e. The summed E-state index contributed by atoms with van der Waals surface area (Å²) < 4.78 is 0. The maximum atomic E-state index is 13.1. The molecule has 8 heteroatoms. The van der Waals surface area contributed by atoms with Crippen molar-refractivity contribution >= 4 is 45.9 Å². The summed E-state index contributed by atoms with van der Waals surface area (Å²) in [7, 11) is 0. The predicted molar refractivity (Wildman–Crippen MR) is 141 cm³/mol. The highest BCUT2D eigenvalue weighted by Crippen LogP contribution is 2.28. The minimum Gasteiger partial charge on any atom is -0.361 e. The molecule has 2 aliphatic rings. The first-order chi connectivity index (χ1) is 17.4. The Morgan fingerprint density at radius 3 is 2.58 bits per heavy atom. The largest absolute Gasteiger partial charge is 0.361 e. The van der Waals surface area contributed by atoms with Crippen LogP contribution < -0.4 is 10.2 Å². The van der Waals surface area contributed by atoms with Crippen molar-refractivity contribution < 1.29 is 14.4 Å². The zero-order valence-corrected chi connectivity index (χ0v) is 21.2. The fourth-order valence-electron chi connectivity index (χ4n) is 5.29. The van der Waals surface area contributed by atoms with Crippen LogP contribution in [-0.2, 0) is 20.8 Å². The highest BCUT2D eigenvalue weighted by Gasteiger charge is 2.38. The molecule has 3 aromatic rings. The second kappa shape index (κ2) is 10.3. The minimum atomic E-state index is -0.325. The molecule has 1 atom stereocenters. The number of anilines is 1. The van der Waals surface area contributed by atoms with E-state index in [-0.39, 0.29) is 36.0 Å². The molecule has 2 saturated heterocycles. The minimum absolute atomic E-state index is 0.0102. The molecular formula is C28H31ClN4O3. The molecule has 0 saturated carbocycles. The van der Waals surface area contributed by atoms with Crippen LogP contribution in [0, 0.1) is 18.8 Å². The molecule has 188 valence electrons. The van der Waals surface area contributed by atoms with Crippen molar-refractivity contribution in [2.75, 3.05) is 31.1 Å². The average Bonchev–Trinajstić information content (AvgIpc) is 3.47. The predicted octanol–water partition coefficient (Wildman–Crippen LogP) is 4.08. The first-order valence-corrected chi connectivity index (χ1v) is 13.0. The molecule has 2 N–H and O–H groups in total. The van der Waals surface area contributed by atoms with E-state index < -0.39 is 0 Å². The van der Waals surface area contributed by atoms with Gasteiger partial charge in [0.2, 0.25) is 17.7 Å². The van der Waals surface area contributed by atoms with Gasteiger partial charge in [0.15, 0.2) is 0 Å². The van der Waals surface area contributed by atoms with E-state index >= 15 is 0 Å². The van der Waals surface area contributed by atoms with E-state index in [4.69, 9.17) is 11.6 Å². The topological polar surface area (TPSA) is 85.5 Å². The van der Waals surface area contributed by atoms with Crippen molar-refractivity contribution in [3.8, 4) is 0 Å². The molecule has 0 spiro atoms. The number of H-pyrrole nitrogens is 1. The lowest BCUT2D eigenvalue weighted by atomic mass is 9.94. The van der Waals surface area contributed by atoms with Crippen molar-refractivity contribution in [2.24, 2.45) is 11.8 Å². The molecule has 0 aliphatic carbocycles. The third-order valence-corrected chi connectivity index (χ3v) is 7.66. The van der Waals surface area contributed by atoms with Crippen LogP contribution in [0.1, 0.15) is 30.4 Å². The van der Waals surface area contributed by atoms with Crippen LogP contribution >= 0.6 is 11.6 Å². The summed E-state index contributed by atoms with van der Waals surface area (Å²) in [6.45, 7) is 4.07. The maximum absolute atomic E-state index is 13.1. The fourth-order valence-corrected chi connectivity index (χ4v) is 5.46. The molecule has 3 heterocycles. The van der Waals surface area contributed by atoms with E-state index in [1.165, 1.54) is 0 Å². The summed E-state index contributed by atoms with van der Waals surface area (Å²) in [5, 5.41) is 4.83. The molecule has 1 aromatic heterocycles. The summed E-state index contributed by atoms with van der Waals surface area (Å²) in [6.07, 6.45) is 4.21. The van der Waals surface area contributed by atoms with Crippen molar-refractivity contribution in [1.29, 1.82) is 0 Å².